The third-order valence-corrected chi connectivity index (χ3v) is 5.98. The first-order chi connectivity index (χ1) is 13.5. The van der Waals surface area contributed by atoms with Gasteiger partial charge in [0.2, 0.25) is 0 Å². The van der Waals surface area contributed by atoms with E-state index in [0.717, 1.165) is 26.5 Å². The number of benzene rings is 2. The molecule has 1 aliphatic heterocycles. The Kier molecular flexibility index (Phi) is 7.21. The van der Waals surface area contributed by atoms with E-state index in [1.807, 2.05) is 62.4 Å². The molecule has 0 spiro atoms. The maximum atomic E-state index is 12.6. The highest BCUT2D eigenvalue weighted by Gasteiger charge is 2.31. The predicted octanol–water partition coefficient (Wildman–Crippen LogP) is 5.99. The minimum Gasteiger partial charge on any atom is -0.488 e. The Morgan fingerprint density at radius 2 is 1.96 bits per heavy atom. The highest BCUT2D eigenvalue weighted by atomic mass is 79.9. The highest BCUT2D eigenvalue weighted by molar-refractivity contribution is 9.10. The lowest BCUT2D eigenvalue weighted by Crippen LogP contribution is -2.28. The van der Waals surface area contributed by atoms with Crippen molar-refractivity contribution in [2.45, 2.75) is 20.5 Å². The fourth-order valence-electron chi connectivity index (χ4n) is 2.66. The van der Waals surface area contributed by atoms with Crippen molar-refractivity contribution in [2.24, 2.45) is 4.99 Å². The summed E-state index contributed by atoms with van der Waals surface area (Å²) in [5.74, 6) is 0.741. The Labute approximate surface area is 182 Å². The molecule has 28 heavy (non-hydrogen) atoms. The summed E-state index contributed by atoms with van der Waals surface area (Å²) < 4.78 is 6.72. The van der Waals surface area contributed by atoms with Crippen molar-refractivity contribution in [1.29, 1.82) is 0 Å². The molecule has 0 unspecified atom stereocenters. The summed E-state index contributed by atoms with van der Waals surface area (Å²) in [5, 5.41) is 1.47. The molecule has 146 valence electrons. The number of hydrogen-bond donors (Lipinski definition) is 0. The second-order valence-corrected chi connectivity index (χ2v) is 8.32. The molecule has 1 saturated heterocycles. The third-order valence-electron chi connectivity index (χ3n) is 4.06. The Bertz CT molecular complexity index is 929. The van der Waals surface area contributed by atoms with Gasteiger partial charge in [-0.05, 0) is 83.0 Å². The minimum atomic E-state index is -0.00103. The van der Waals surface area contributed by atoms with Gasteiger partial charge in [-0.15, -0.1) is 0 Å². The zero-order valence-corrected chi connectivity index (χ0v) is 18.8. The van der Waals surface area contributed by atoms with E-state index in [2.05, 4.69) is 20.9 Å². The third kappa shape index (κ3) is 4.99. The average molecular weight is 480 g/mol. The molecule has 0 N–H and O–H groups in total. The molecule has 4 nitrogen and oxygen atoms in total. The van der Waals surface area contributed by atoms with Crippen molar-refractivity contribution >= 4 is 56.4 Å². The Hall–Kier alpha value is -1.76. The van der Waals surface area contributed by atoms with E-state index >= 15 is 0 Å². The van der Waals surface area contributed by atoms with Crippen LogP contribution in [0.2, 0.25) is 5.02 Å². The lowest BCUT2D eigenvalue weighted by molar-refractivity contribution is -0.122. The van der Waals surface area contributed by atoms with Crippen molar-refractivity contribution in [3.8, 4) is 5.75 Å². The van der Waals surface area contributed by atoms with Gasteiger partial charge in [0.25, 0.3) is 5.91 Å². The van der Waals surface area contributed by atoms with E-state index < -0.39 is 0 Å². The maximum Gasteiger partial charge on any atom is 0.266 e. The van der Waals surface area contributed by atoms with Gasteiger partial charge in [0.05, 0.1) is 9.38 Å². The number of nitrogens with zero attached hydrogens (tertiary/aromatic N) is 2. The molecule has 2 aromatic rings. The summed E-state index contributed by atoms with van der Waals surface area (Å²) in [6.45, 7) is 5.64. The van der Waals surface area contributed by atoms with Crippen molar-refractivity contribution < 1.29 is 9.53 Å². The molecule has 0 saturated carbocycles. The van der Waals surface area contributed by atoms with Crippen LogP contribution in [0.1, 0.15) is 25.0 Å². The molecular formula is C21H20BrClN2O2S. The highest BCUT2D eigenvalue weighted by Crippen LogP contribution is 2.34. The molecule has 0 atom stereocenters. The summed E-state index contributed by atoms with van der Waals surface area (Å²) in [6, 6.07) is 13.3. The van der Waals surface area contributed by atoms with E-state index in [0.29, 0.717) is 29.6 Å². The van der Waals surface area contributed by atoms with E-state index in [4.69, 9.17) is 16.3 Å². The van der Waals surface area contributed by atoms with Crippen LogP contribution in [0, 0.1) is 0 Å². The normalized spacial score (nSPS) is 17.0. The van der Waals surface area contributed by atoms with Crippen molar-refractivity contribution in [3.63, 3.8) is 0 Å². The molecule has 1 fully saturated rings. The van der Waals surface area contributed by atoms with Crippen molar-refractivity contribution in [3.05, 3.63) is 68.0 Å². The second kappa shape index (κ2) is 9.63. The molecule has 1 amide bonds. The van der Waals surface area contributed by atoms with E-state index in [1.54, 1.807) is 4.90 Å². The Balaban J connectivity index is 1.73. The molecule has 0 radical (unpaired) electrons. The minimum absolute atomic E-state index is 0.00103. The number of likely N-dealkylation sites (N-methyl/N-ethyl adjacent to an activating group) is 1. The van der Waals surface area contributed by atoms with Crippen LogP contribution in [0.5, 0.6) is 5.75 Å². The topological polar surface area (TPSA) is 41.9 Å². The first-order valence-corrected chi connectivity index (χ1v) is 10.9. The quantitative estimate of drug-likeness (QED) is 0.478. The number of amidine groups is 1. The molecule has 1 aliphatic rings. The Morgan fingerprint density at radius 3 is 2.61 bits per heavy atom. The number of carbonyl (C=O) groups is 1. The fourth-order valence-corrected chi connectivity index (χ4v) is 4.40. The molecule has 1 heterocycles. The predicted molar refractivity (Wildman–Crippen MR) is 121 cm³/mol. The van der Waals surface area contributed by atoms with Gasteiger partial charge in [-0.25, -0.2) is 0 Å². The number of amides is 1. The monoisotopic (exact) mass is 478 g/mol. The van der Waals surface area contributed by atoms with Crippen molar-refractivity contribution in [1.82, 2.24) is 4.90 Å². The molecule has 0 aromatic heterocycles. The van der Waals surface area contributed by atoms with Crippen LogP contribution in [0.15, 0.2) is 56.8 Å². The van der Waals surface area contributed by atoms with E-state index in [-0.39, 0.29) is 5.91 Å². The zero-order chi connectivity index (χ0) is 20.1. The summed E-state index contributed by atoms with van der Waals surface area (Å²) in [5.41, 5.74) is 1.97. The fraction of sp³-hybridized carbons (Fsp3) is 0.238. The molecular weight excluding hydrogens is 460 g/mol. The van der Waals surface area contributed by atoms with Gasteiger partial charge >= 0.3 is 0 Å². The summed E-state index contributed by atoms with van der Waals surface area (Å²) in [7, 11) is 0. The summed E-state index contributed by atoms with van der Waals surface area (Å²) in [6.07, 6.45) is 1.89. The zero-order valence-electron chi connectivity index (χ0n) is 15.6. The van der Waals surface area contributed by atoms with Gasteiger partial charge in [-0.2, -0.15) is 0 Å². The molecule has 0 bridgehead atoms. The largest absolute Gasteiger partial charge is 0.488 e. The number of carbonyl (C=O) groups excluding carboxylic acids is 1. The summed E-state index contributed by atoms with van der Waals surface area (Å²) in [4.78, 5) is 19.4. The van der Waals surface area contributed by atoms with Gasteiger partial charge < -0.3 is 4.74 Å². The van der Waals surface area contributed by atoms with E-state index in [9.17, 15) is 4.79 Å². The second-order valence-electron chi connectivity index (χ2n) is 6.02. The Morgan fingerprint density at radius 1 is 1.21 bits per heavy atom. The molecule has 7 heteroatoms. The standard InChI is InChI=1S/C21H20BrClN2O2S/c1-3-24-21-25(4-2)20(26)19(28-21)12-15-7-10-18(17(22)11-15)27-13-14-5-8-16(23)9-6-14/h5-12H,3-4,13H2,1-2H3/b19-12-,24-21?. The van der Waals surface area contributed by atoms with Crippen LogP contribution < -0.4 is 4.74 Å². The van der Waals surface area contributed by atoms with Crippen LogP contribution >= 0.6 is 39.3 Å². The van der Waals surface area contributed by atoms with Gasteiger partial charge in [0.1, 0.15) is 12.4 Å². The van der Waals surface area contributed by atoms with Gasteiger partial charge in [0.15, 0.2) is 5.17 Å². The van der Waals surface area contributed by atoms with Gasteiger partial charge in [0, 0.05) is 18.1 Å². The average Bonchev–Trinajstić information content (AvgIpc) is 2.97. The van der Waals surface area contributed by atoms with Crippen LogP contribution in [-0.2, 0) is 11.4 Å². The number of rotatable bonds is 6. The molecule has 3 rings (SSSR count). The van der Waals surface area contributed by atoms with E-state index in [1.165, 1.54) is 11.8 Å². The number of halogens is 2. The van der Waals surface area contributed by atoms with Crippen molar-refractivity contribution in [2.75, 3.05) is 13.1 Å². The molecule has 0 aliphatic carbocycles. The SMILES string of the molecule is CCN=C1S/C(=C\c2ccc(OCc3ccc(Cl)cc3)c(Br)c2)C(=O)N1CC. The number of thioether (sulfide) groups is 1. The van der Waals surface area contributed by atoms with Crippen LogP contribution in [0.25, 0.3) is 6.08 Å². The first kappa shape index (κ1) is 21.0. The summed E-state index contributed by atoms with van der Waals surface area (Å²) >= 11 is 10.9. The number of aliphatic imine (C=N–C) groups is 1. The number of hydrogen-bond acceptors (Lipinski definition) is 4. The lowest BCUT2D eigenvalue weighted by Gasteiger charge is -2.11. The van der Waals surface area contributed by atoms with Crippen LogP contribution in [0.3, 0.4) is 0 Å². The maximum absolute atomic E-state index is 12.6. The van der Waals surface area contributed by atoms with Gasteiger partial charge in [-0.3, -0.25) is 14.7 Å². The van der Waals surface area contributed by atoms with Gasteiger partial charge in [-0.1, -0.05) is 29.8 Å². The molecule has 2 aromatic carbocycles. The lowest BCUT2D eigenvalue weighted by atomic mass is 10.2. The number of ether oxygens (including phenoxy) is 1. The van der Waals surface area contributed by atoms with Crippen LogP contribution in [0.4, 0.5) is 0 Å². The van der Waals surface area contributed by atoms with Crippen LogP contribution in [-0.4, -0.2) is 29.1 Å². The first-order valence-electron chi connectivity index (χ1n) is 8.94. The smallest absolute Gasteiger partial charge is 0.266 e.